The number of aliphatic imine (C=N–C) groups is 1. The number of aliphatic carboxylic acids is 1. The Kier molecular flexibility index (Phi) is 9.16. The van der Waals surface area contributed by atoms with Gasteiger partial charge in [-0.05, 0) is 76.6 Å². The van der Waals surface area contributed by atoms with Gasteiger partial charge in [-0.3, -0.25) is 19.1 Å². The molecule has 20 heteroatoms. The fraction of sp³-hybridized carbons (Fsp3) is 0.500. The van der Waals surface area contributed by atoms with Gasteiger partial charge >= 0.3 is 16.4 Å². The van der Waals surface area contributed by atoms with E-state index in [-0.39, 0.29) is 29.3 Å². The number of nitrogens with one attached hydrogen (secondary N) is 1. The number of anilines is 1. The molecule has 0 spiro atoms. The lowest BCUT2D eigenvalue weighted by Crippen LogP contribution is -2.76. The molecule has 2 aliphatic heterocycles. The van der Waals surface area contributed by atoms with Crippen molar-refractivity contribution in [1.82, 2.24) is 15.4 Å². The molecule has 9 N–H and O–H groups in total. The molecule has 1 unspecified atom stereocenters. The lowest BCUT2D eigenvalue weighted by molar-refractivity contribution is -0.218. The van der Waals surface area contributed by atoms with Crippen LogP contribution in [0.2, 0.25) is 0 Å². The first kappa shape index (κ1) is 35.0. The van der Waals surface area contributed by atoms with Crippen LogP contribution < -0.4 is 27.3 Å². The maximum absolute atomic E-state index is 13.5. The van der Waals surface area contributed by atoms with Crippen LogP contribution >= 0.6 is 11.3 Å². The smallest absolute Gasteiger partial charge is 0.418 e. The standard InChI is InChI=1S/C28H36N8O10S2/c1-12-7-18-13(8-16(12)22(30)32-15-9-14(29)10-15)5-6-19(44-18)28(4,25(39)40)45-35-20(17-11-47-26(31)33-17)23(37)34-21-24(38)36(27(21,2)3)46-48(41,42)43/h7-8,11,14-15,19,21H,5-6,9-10,29H2,1-4H3,(H2,30,32)(H2,31,33)(H,34,37)(H,39,40)(H,41,42,43)/b35-20-/t14?,15?,19?,21-,28+/m1/s1. The van der Waals surface area contributed by atoms with E-state index >= 15 is 0 Å². The number of carbonyl (C=O) groups excluding carboxylic acids is 2. The van der Waals surface area contributed by atoms with Crippen LogP contribution in [0.4, 0.5) is 5.13 Å². The number of amides is 2. The quantitative estimate of drug-likeness (QED) is 0.0590. The van der Waals surface area contributed by atoms with Gasteiger partial charge < -0.3 is 37.2 Å². The third-order valence-corrected chi connectivity index (χ3v) is 9.58. The number of oxime groups is 1. The molecular formula is C28H36N8O10S2. The number of carboxylic acids is 1. The van der Waals surface area contributed by atoms with Gasteiger partial charge in [0.25, 0.3) is 17.4 Å². The van der Waals surface area contributed by atoms with E-state index in [1.165, 1.54) is 26.2 Å². The van der Waals surface area contributed by atoms with Crippen molar-refractivity contribution in [2.75, 3.05) is 5.73 Å². The fourth-order valence-electron chi connectivity index (χ4n) is 5.59. The van der Waals surface area contributed by atoms with E-state index in [9.17, 15) is 27.9 Å². The molecule has 1 aromatic carbocycles. The molecule has 2 fully saturated rings. The van der Waals surface area contributed by atoms with Crippen LogP contribution in [0.1, 0.15) is 62.4 Å². The number of nitrogens with two attached hydrogens (primary N) is 3. The predicted molar refractivity (Wildman–Crippen MR) is 171 cm³/mol. The Hall–Kier alpha value is -4.37. The van der Waals surface area contributed by atoms with E-state index in [1.54, 1.807) is 6.07 Å². The second-order valence-corrected chi connectivity index (χ2v) is 14.4. The van der Waals surface area contributed by atoms with Crippen LogP contribution in [0.3, 0.4) is 0 Å². The Morgan fingerprint density at radius 1 is 1.29 bits per heavy atom. The Bertz CT molecular complexity index is 1820. The molecule has 1 saturated carbocycles. The maximum Gasteiger partial charge on any atom is 0.418 e. The number of nitrogens with zero attached hydrogens (tertiary/aromatic N) is 4. The Balaban J connectivity index is 1.37. The van der Waals surface area contributed by atoms with Crippen LogP contribution in [0.25, 0.3) is 0 Å². The van der Waals surface area contributed by atoms with Crippen LogP contribution in [0.15, 0.2) is 27.7 Å². The Labute approximate surface area is 279 Å². The summed E-state index contributed by atoms with van der Waals surface area (Å²) in [6.07, 6.45) is 1.07. The zero-order valence-electron chi connectivity index (χ0n) is 26.4. The highest BCUT2D eigenvalue weighted by atomic mass is 32.3. The number of thiazole rings is 1. The van der Waals surface area contributed by atoms with Crippen molar-refractivity contribution in [3.63, 3.8) is 0 Å². The molecule has 2 amide bonds. The normalized spacial score (nSPS) is 25.1. The maximum atomic E-state index is 13.5. The number of amidine groups is 1. The highest BCUT2D eigenvalue weighted by molar-refractivity contribution is 7.80. The van der Waals surface area contributed by atoms with Crippen molar-refractivity contribution in [2.45, 2.75) is 88.7 Å². The van der Waals surface area contributed by atoms with E-state index in [0.717, 1.165) is 40.9 Å². The summed E-state index contributed by atoms with van der Waals surface area (Å²) in [5, 5.41) is 18.4. The van der Waals surface area contributed by atoms with Gasteiger partial charge in [0, 0.05) is 17.0 Å². The second-order valence-electron chi connectivity index (χ2n) is 12.5. The van der Waals surface area contributed by atoms with Crippen molar-refractivity contribution in [1.29, 1.82) is 0 Å². The molecule has 18 nitrogen and oxygen atoms in total. The average Bonchev–Trinajstić information content (AvgIpc) is 3.41. The molecule has 3 aliphatic rings. The lowest BCUT2D eigenvalue weighted by Gasteiger charge is -2.50. The molecule has 1 saturated heterocycles. The van der Waals surface area contributed by atoms with Crippen molar-refractivity contribution < 1.29 is 46.3 Å². The monoisotopic (exact) mass is 708 g/mol. The van der Waals surface area contributed by atoms with Crippen LogP contribution in [0, 0.1) is 6.92 Å². The fourth-order valence-corrected chi connectivity index (χ4v) is 6.59. The minimum Gasteiger partial charge on any atom is -0.485 e. The highest BCUT2D eigenvalue weighted by Gasteiger charge is 2.58. The highest BCUT2D eigenvalue weighted by Crippen LogP contribution is 2.36. The first-order valence-electron chi connectivity index (χ1n) is 14.7. The summed E-state index contributed by atoms with van der Waals surface area (Å²) in [6, 6.07) is 2.49. The number of rotatable bonds is 11. The molecule has 3 heterocycles. The molecule has 0 radical (unpaired) electrons. The topological polar surface area (TPSA) is 284 Å². The number of fused-ring (bicyclic) bond motifs is 1. The third-order valence-electron chi connectivity index (χ3n) is 8.57. The molecule has 3 atom stereocenters. The summed E-state index contributed by atoms with van der Waals surface area (Å²) in [5.41, 5.74) is 16.1. The van der Waals surface area contributed by atoms with Crippen molar-refractivity contribution in [3.05, 3.63) is 39.9 Å². The van der Waals surface area contributed by atoms with Gasteiger partial charge in [0.05, 0.1) is 11.6 Å². The summed E-state index contributed by atoms with van der Waals surface area (Å²) < 4.78 is 41.8. The molecule has 2 aromatic rings. The molecule has 48 heavy (non-hydrogen) atoms. The zero-order valence-corrected chi connectivity index (χ0v) is 28.0. The molecule has 1 aliphatic carbocycles. The molecule has 0 bridgehead atoms. The van der Waals surface area contributed by atoms with E-state index in [4.69, 9.17) is 31.3 Å². The molecule has 260 valence electrons. The zero-order chi connectivity index (χ0) is 35.3. The van der Waals surface area contributed by atoms with Crippen LogP contribution in [-0.2, 0) is 40.3 Å². The third kappa shape index (κ3) is 6.79. The van der Waals surface area contributed by atoms with Gasteiger partial charge in [-0.15, -0.1) is 15.6 Å². The average molecular weight is 709 g/mol. The van der Waals surface area contributed by atoms with E-state index in [0.29, 0.717) is 23.1 Å². The van der Waals surface area contributed by atoms with Gasteiger partial charge in [-0.2, -0.15) is 13.5 Å². The number of nitrogen functional groups attached to an aromatic ring is 1. The first-order chi connectivity index (χ1) is 22.3. The summed E-state index contributed by atoms with van der Waals surface area (Å²) in [6.45, 7) is 5.82. The number of carbonyl (C=O) groups is 3. The summed E-state index contributed by atoms with van der Waals surface area (Å²) in [4.78, 5) is 53.0. The Morgan fingerprint density at radius 3 is 2.54 bits per heavy atom. The second kappa shape index (κ2) is 12.6. The minimum atomic E-state index is -5.03. The van der Waals surface area contributed by atoms with Crippen molar-refractivity contribution in [2.24, 2.45) is 21.6 Å². The van der Waals surface area contributed by atoms with Gasteiger partial charge in [0.15, 0.2) is 16.9 Å². The SMILES string of the molecule is Cc1cc2c(cc1C(N)=NC1CC(N)C1)CCC([C@](C)(O/N=C(\C(=O)N[C@@H]1C(=O)N(OS(=O)(=O)O)C1(C)C)c1csc(N)n1)C(=O)O)O2. The van der Waals surface area contributed by atoms with Gasteiger partial charge in [0.2, 0.25) is 0 Å². The van der Waals surface area contributed by atoms with E-state index in [1.807, 2.05) is 13.0 Å². The number of β-lactam (4-membered cyclic amide) rings is 1. The van der Waals surface area contributed by atoms with Crippen molar-refractivity contribution >= 4 is 56.2 Å². The number of aryl methyl sites for hydroxylation is 2. The van der Waals surface area contributed by atoms with Gasteiger partial charge in [-0.1, -0.05) is 5.16 Å². The number of ether oxygens (including phenoxy) is 1. The number of hydrogen-bond acceptors (Lipinski definition) is 14. The number of hydroxylamine groups is 2. The summed E-state index contributed by atoms with van der Waals surface area (Å²) >= 11 is 0.965. The summed E-state index contributed by atoms with van der Waals surface area (Å²) in [7, 11) is -5.03. The van der Waals surface area contributed by atoms with Gasteiger partial charge in [0.1, 0.15) is 23.3 Å². The van der Waals surface area contributed by atoms with Crippen LogP contribution in [-0.4, -0.2) is 92.8 Å². The van der Waals surface area contributed by atoms with E-state index < -0.39 is 57.2 Å². The number of aromatic nitrogens is 1. The van der Waals surface area contributed by atoms with Crippen LogP contribution in [0.5, 0.6) is 5.75 Å². The number of hydrogen-bond donors (Lipinski definition) is 6. The number of benzene rings is 1. The summed E-state index contributed by atoms with van der Waals surface area (Å²) in [5.74, 6) is -2.63. The lowest BCUT2D eigenvalue weighted by atomic mass is 9.84. The predicted octanol–water partition coefficient (Wildman–Crippen LogP) is 0.0265. The van der Waals surface area contributed by atoms with E-state index in [2.05, 4.69) is 24.7 Å². The number of carboxylic acid groups (broad SMARTS) is 1. The first-order valence-corrected chi connectivity index (χ1v) is 17.0. The Morgan fingerprint density at radius 2 is 1.98 bits per heavy atom. The van der Waals surface area contributed by atoms with Gasteiger partial charge in [-0.25, -0.2) is 9.78 Å². The molecule has 5 rings (SSSR count). The minimum absolute atomic E-state index is 0.0585. The largest absolute Gasteiger partial charge is 0.485 e. The van der Waals surface area contributed by atoms with Crippen molar-refractivity contribution in [3.8, 4) is 5.75 Å². The molecular weight excluding hydrogens is 672 g/mol. The molecule has 1 aromatic heterocycles.